The molecule has 0 aliphatic rings. The molecule has 2 aromatic rings. The average Bonchev–Trinajstić information content (AvgIpc) is 2.70. The normalized spacial score (nSPS) is 12.2. The number of carbonyl (C=O) groups excluding carboxylic acids is 2. The molecule has 0 saturated carbocycles. The Morgan fingerprint density at radius 3 is 2.13 bits per heavy atom. The number of hydrogen-bond acceptors (Lipinski definition) is 4. The highest BCUT2D eigenvalue weighted by Gasteiger charge is 2.30. The second kappa shape index (κ2) is 10.8. The van der Waals surface area contributed by atoms with Crippen LogP contribution in [0.5, 0.6) is 0 Å². The minimum Gasteiger partial charge on any atom is -0.357 e. The molecule has 2 rings (SSSR count). The Balaban J connectivity index is 2.43. The monoisotopic (exact) mass is 597 g/mol. The highest BCUT2D eigenvalue weighted by atomic mass is 127. The first-order valence-electron chi connectivity index (χ1n) is 9.13. The molecule has 31 heavy (non-hydrogen) atoms. The van der Waals surface area contributed by atoms with E-state index >= 15 is 0 Å². The molecular weight excluding hydrogens is 576 g/mol. The fourth-order valence-electron chi connectivity index (χ4n) is 2.87. The molecule has 1 N–H and O–H groups in total. The average molecular weight is 598 g/mol. The number of nitrogens with one attached hydrogen (secondary N) is 1. The largest absolute Gasteiger partial charge is 0.357 e. The number of benzene rings is 2. The van der Waals surface area contributed by atoms with Crippen LogP contribution in [-0.4, -0.2) is 51.0 Å². The molecule has 0 fully saturated rings. The van der Waals surface area contributed by atoms with Gasteiger partial charge in [-0.15, -0.1) is 0 Å². The van der Waals surface area contributed by atoms with Crippen molar-refractivity contribution in [3.8, 4) is 0 Å². The molecule has 0 aromatic heterocycles. The number of nitrogens with zero attached hydrogens (tertiary/aromatic N) is 2. The summed E-state index contributed by atoms with van der Waals surface area (Å²) in [5.74, 6) is -0.979. The van der Waals surface area contributed by atoms with Gasteiger partial charge in [0, 0.05) is 32.8 Å². The van der Waals surface area contributed by atoms with Gasteiger partial charge in [-0.2, -0.15) is 0 Å². The van der Waals surface area contributed by atoms with Gasteiger partial charge in [-0.25, -0.2) is 8.42 Å². The third-order valence-electron chi connectivity index (χ3n) is 4.60. The third kappa shape index (κ3) is 6.71. The lowest BCUT2D eigenvalue weighted by molar-refractivity contribution is -0.139. The lowest BCUT2D eigenvalue weighted by Crippen LogP contribution is -2.50. The van der Waals surface area contributed by atoms with Crippen LogP contribution >= 0.6 is 45.8 Å². The molecule has 0 aliphatic carbocycles. The minimum atomic E-state index is -3.77. The molecule has 2 aromatic carbocycles. The maximum atomic E-state index is 13.3. The van der Waals surface area contributed by atoms with Crippen LogP contribution in [0.2, 0.25) is 10.0 Å². The summed E-state index contributed by atoms with van der Waals surface area (Å²) in [5.41, 5.74) is 0.815. The number of rotatable bonds is 8. The van der Waals surface area contributed by atoms with Gasteiger partial charge in [-0.1, -0.05) is 29.3 Å². The van der Waals surface area contributed by atoms with Crippen molar-refractivity contribution in [2.75, 3.05) is 24.2 Å². The van der Waals surface area contributed by atoms with E-state index in [0.717, 1.165) is 14.1 Å². The fraction of sp³-hybridized carbons (Fsp3) is 0.300. The highest BCUT2D eigenvalue weighted by Crippen LogP contribution is 2.27. The number of amides is 2. The van der Waals surface area contributed by atoms with Crippen molar-refractivity contribution >= 4 is 73.3 Å². The predicted octanol–water partition coefficient (Wildman–Crippen LogP) is 3.53. The van der Waals surface area contributed by atoms with Gasteiger partial charge >= 0.3 is 0 Å². The number of hydrogen-bond donors (Lipinski definition) is 1. The Hall–Kier alpha value is -1.56. The first kappa shape index (κ1) is 25.7. The topological polar surface area (TPSA) is 86.8 Å². The van der Waals surface area contributed by atoms with Crippen molar-refractivity contribution in [3.05, 3.63) is 61.6 Å². The lowest BCUT2D eigenvalue weighted by Gasteiger charge is -2.31. The van der Waals surface area contributed by atoms with Crippen LogP contribution < -0.4 is 9.62 Å². The summed E-state index contributed by atoms with van der Waals surface area (Å²) in [4.78, 5) is 26.8. The van der Waals surface area contributed by atoms with Gasteiger partial charge in [0.25, 0.3) is 0 Å². The SMILES string of the molecule is CNC(=O)C(C)N(Cc1c(Cl)cccc1Cl)C(=O)CN(c1ccc(I)cc1)S(C)(=O)=O. The molecule has 0 saturated heterocycles. The second-order valence-corrected chi connectivity index (χ2v) is 10.7. The number of likely N-dealkylation sites (N-methyl/N-ethyl adjacent to an activating group) is 1. The summed E-state index contributed by atoms with van der Waals surface area (Å²) in [5, 5.41) is 3.18. The summed E-state index contributed by atoms with van der Waals surface area (Å²) in [6.45, 7) is 1.01. The van der Waals surface area contributed by atoms with Crippen molar-refractivity contribution in [2.45, 2.75) is 19.5 Å². The molecule has 11 heteroatoms. The summed E-state index contributed by atoms with van der Waals surface area (Å²) in [6, 6.07) is 10.8. The van der Waals surface area contributed by atoms with E-state index in [4.69, 9.17) is 23.2 Å². The number of anilines is 1. The molecule has 0 heterocycles. The Bertz CT molecular complexity index is 1040. The Morgan fingerprint density at radius 1 is 1.10 bits per heavy atom. The van der Waals surface area contributed by atoms with Crippen LogP contribution in [0.15, 0.2) is 42.5 Å². The summed E-state index contributed by atoms with van der Waals surface area (Å²) < 4.78 is 26.8. The van der Waals surface area contributed by atoms with E-state index in [1.54, 1.807) is 49.4 Å². The van der Waals surface area contributed by atoms with Crippen LogP contribution in [0, 0.1) is 3.57 Å². The first-order valence-corrected chi connectivity index (χ1v) is 12.8. The van der Waals surface area contributed by atoms with Gasteiger partial charge in [0.1, 0.15) is 12.6 Å². The van der Waals surface area contributed by atoms with E-state index in [0.29, 0.717) is 21.3 Å². The third-order valence-corrected chi connectivity index (χ3v) is 7.17. The molecule has 7 nitrogen and oxygen atoms in total. The van der Waals surface area contributed by atoms with Crippen molar-refractivity contribution in [1.29, 1.82) is 0 Å². The highest BCUT2D eigenvalue weighted by molar-refractivity contribution is 14.1. The summed E-state index contributed by atoms with van der Waals surface area (Å²) in [6.07, 6.45) is 1.02. The van der Waals surface area contributed by atoms with Crippen molar-refractivity contribution in [3.63, 3.8) is 0 Å². The fourth-order valence-corrected chi connectivity index (χ4v) is 4.59. The van der Waals surface area contributed by atoms with Gasteiger partial charge in [0.05, 0.1) is 11.9 Å². The number of sulfonamides is 1. The smallest absolute Gasteiger partial charge is 0.244 e. The Kier molecular flexibility index (Phi) is 8.99. The zero-order chi connectivity index (χ0) is 23.3. The second-order valence-electron chi connectivity index (χ2n) is 6.76. The standard InChI is InChI=1S/C20H22Cl2IN3O4S/c1-13(20(28)24-2)25(11-16-17(21)5-4-6-18(16)22)19(27)12-26(31(3,29)30)15-9-7-14(23)8-10-15/h4-10,13H,11-12H2,1-3H3,(H,24,28). The molecule has 1 unspecified atom stereocenters. The number of halogens is 3. The van der Waals surface area contributed by atoms with Gasteiger partial charge < -0.3 is 10.2 Å². The minimum absolute atomic E-state index is 0.0593. The van der Waals surface area contributed by atoms with Crippen molar-refractivity contribution in [2.24, 2.45) is 0 Å². The maximum Gasteiger partial charge on any atom is 0.244 e. The predicted molar refractivity (Wildman–Crippen MR) is 132 cm³/mol. The first-order chi connectivity index (χ1) is 14.5. The van der Waals surface area contributed by atoms with Crippen LogP contribution in [0.3, 0.4) is 0 Å². The Labute approximate surface area is 205 Å². The van der Waals surface area contributed by atoms with E-state index in [1.807, 2.05) is 0 Å². The van der Waals surface area contributed by atoms with E-state index in [-0.39, 0.29) is 6.54 Å². The van der Waals surface area contributed by atoms with Gasteiger partial charge in [-0.3, -0.25) is 13.9 Å². The van der Waals surface area contributed by atoms with E-state index in [1.165, 1.54) is 11.9 Å². The van der Waals surface area contributed by atoms with E-state index in [2.05, 4.69) is 27.9 Å². The lowest BCUT2D eigenvalue weighted by atomic mass is 10.1. The summed E-state index contributed by atoms with van der Waals surface area (Å²) in [7, 11) is -2.31. The van der Waals surface area contributed by atoms with Gasteiger partial charge in [0.15, 0.2) is 0 Å². The molecule has 0 spiro atoms. The molecule has 168 valence electrons. The maximum absolute atomic E-state index is 13.3. The van der Waals surface area contributed by atoms with Crippen molar-refractivity contribution in [1.82, 2.24) is 10.2 Å². The molecular formula is C20H22Cl2IN3O4S. The molecule has 0 radical (unpaired) electrons. The summed E-state index contributed by atoms with van der Waals surface area (Å²) >= 11 is 14.6. The van der Waals surface area contributed by atoms with Crippen LogP contribution in [0.4, 0.5) is 5.69 Å². The zero-order valence-electron chi connectivity index (χ0n) is 17.1. The quantitative estimate of drug-likeness (QED) is 0.472. The van der Waals surface area contributed by atoms with E-state index in [9.17, 15) is 18.0 Å². The van der Waals surface area contributed by atoms with Gasteiger partial charge in [-0.05, 0) is 65.9 Å². The van der Waals surface area contributed by atoms with Crippen molar-refractivity contribution < 1.29 is 18.0 Å². The number of carbonyl (C=O) groups is 2. The van der Waals surface area contributed by atoms with Crippen LogP contribution in [-0.2, 0) is 26.2 Å². The van der Waals surface area contributed by atoms with Crippen LogP contribution in [0.1, 0.15) is 12.5 Å². The van der Waals surface area contributed by atoms with Crippen LogP contribution in [0.25, 0.3) is 0 Å². The zero-order valence-corrected chi connectivity index (χ0v) is 21.6. The Morgan fingerprint density at radius 2 is 1.65 bits per heavy atom. The molecule has 0 aliphatic heterocycles. The molecule has 1 atom stereocenters. The molecule has 0 bridgehead atoms. The van der Waals surface area contributed by atoms with E-state index < -0.39 is 34.4 Å². The molecule has 2 amide bonds. The van der Waals surface area contributed by atoms with Gasteiger partial charge in [0.2, 0.25) is 21.8 Å².